The highest BCUT2D eigenvalue weighted by Gasteiger charge is 2.37. The zero-order chi connectivity index (χ0) is 29.2. The van der Waals surface area contributed by atoms with E-state index in [9.17, 15) is 26.3 Å². The van der Waals surface area contributed by atoms with Gasteiger partial charge < -0.3 is 14.2 Å². The van der Waals surface area contributed by atoms with E-state index in [-0.39, 0.29) is 30.9 Å². The van der Waals surface area contributed by atoms with E-state index in [4.69, 9.17) is 14.2 Å². The Balaban J connectivity index is 1.33. The number of ether oxygens (including phenoxy) is 3. The van der Waals surface area contributed by atoms with Gasteiger partial charge in [0, 0.05) is 44.3 Å². The minimum absolute atomic E-state index is 0.00603. The van der Waals surface area contributed by atoms with Gasteiger partial charge in [0.1, 0.15) is 5.75 Å². The number of halogens is 6. The van der Waals surface area contributed by atoms with Crippen molar-refractivity contribution < 1.29 is 40.6 Å². The van der Waals surface area contributed by atoms with E-state index in [1.165, 1.54) is 0 Å². The van der Waals surface area contributed by atoms with Crippen molar-refractivity contribution >= 4 is 0 Å². The van der Waals surface area contributed by atoms with Gasteiger partial charge in [-0.3, -0.25) is 9.80 Å². The highest BCUT2D eigenvalue weighted by atomic mass is 19.4. The monoisotopic (exact) mass is 580 g/mol. The van der Waals surface area contributed by atoms with Crippen LogP contribution in [0.25, 0.3) is 0 Å². The quantitative estimate of drug-likeness (QED) is 0.270. The molecule has 0 aliphatic carbocycles. The Hall–Kier alpha value is -3.44. The van der Waals surface area contributed by atoms with E-state index in [1.54, 1.807) is 7.11 Å². The van der Waals surface area contributed by atoms with Crippen molar-refractivity contribution in [1.82, 2.24) is 9.80 Å². The maximum absolute atomic E-state index is 13.4. The molecule has 2 aliphatic rings. The molecule has 3 aromatic rings. The van der Waals surface area contributed by atoms with Crippen molar-refractivity contribution in [2.24, 2.45) is 0 Å². The molecule has 2 heterocycles. The van der Waals surface area contributed by atoms with Crippen LogP contribution in [-0.4, -0.2) is 49.9 Å². The van der Waals surface area contributed by atoms with Gasteiger partial charge in [-0.05, 0) is 60.4 Å². The zero-order valence-electron chi connectivity index (χ0n) is 22.4. The van der Waals surface area contributed by atoms with E-state index in [0.29, 0.717) is 31.8 Å². The van der Waals surface area contributed by atoms with Crippen molar-refractivity contribution in [3.8, 4) is 17.2 Å². The lowest BCUT2D eigenvalue weighted by atomic mass is 9.94. The van der Waals surface area contributed by atoms with Crippen LogP contribution in [0, 0.1) is 0 Å². The van der Waals surface area contributed by atoms with Crippen molar-refractivity contribution in [1.29, 1.82) is 0 Å². The summed E-state index contributed by atoms with van der Waals surface area (Å²) in [6.07, 6.45) is -9.41. The number of hydrogen-bond donors (Lipinski definition) is 0. The van der Waals surface area contributed by atoms with Gasteiger partial charge in [0.05, 0.1) is 18.2 Å². The summed E-state index contributed by atoms with van der Waals surface area (Å²) in [4.78, 5) is 4.53. The third kappa shape index (κ3) is 6.90. The van der Waals surface area contributed by atoms with Crippen LogP contribution >= 0.6 is 0 Å². The van der Waals surface area contributed by atoms with Gasteiger partial charge in [-0.2, -0.15) is 26.3 Å². The molecule has 41 heavy (non-hydrogen) atoms. The molecule has 11 heteroatoms. The Morgan fingerprint density at radius 3 is 2.10 bits per heavy atom. The van der Waals surface area contributed by atoms with Crippen molar-refractivity contribution in [2.75, 3.05) is 40.1 Å². The minimum Gasteiger partial charge on any atom is -0.496 e. The van der Waals surface area contributed by atoms with E-state index in [1.807, 2.05) is 42.5 Å². The third-order valence-electron chi connectivity index (χ3n) is 7.54. The van der Waals surface area contributed by atoms with E-state index in [0.717, 1.165) is 47.8 Å². The van der Waals surface area contributed by atoms with Crippen molar-refractivity contribution in [3.05, 3.63) is 88.5 Å². The molecule has 5 nitrogen and oxygen atoms in total. The van der Waals surface area contributed by atoms with Crippen LogP contribution in [0.3, 0.4) is 0 Å². The standard InChI is InChI=1S/C30H30F6N2O3/c1-39-26-5-3-2-4-24(26)25(8-6-20-14-22(29(31,32)33)17-23(15-20)30(34,35)36)38-12-10-37(11-13-38)18-21-7-9-27-28(16-21)41-19-40-27/h2-5,7,9,14-17,25H,6,8,10-13,18-19H2,1H3. The normalized spacial score (nSPS) is 17.0. The smallest absolute Gasteiger partial charge is 0.416 e. The summed E-state index contributed by atoms with van der Waals surface area (Å²) in [7, 11) is 1.54. The second-order valence-electron chi connectivity index (χ2n) is 10.2. The number of fused-ring (bicyclic) bond motifs is 1. The minimum atomic E-state index is -4.88. The molecular formula is C30H30F6N2O3. The fraction of sp³-hybridized carbons (Fsp3) is 0.400. The SMILES string of the molecule is COc1ccccc1C(CCc1cc(C(F)(F)F)cc(C(F)(F)F)c1)N1CCN(Cc2ccc3c(c2)OCO3)CC1. The molecule has 0 radical (unpaired) electrons. The van der Waals surface area contributed by atoms with Gasteiger partial charge in [0.15, 0.2) is 11.5 Å². The Morgan fingerprint density at radius 1 is 0.780 bits per heavy atom. The fourth-order valence-electron chi connectivity index (χ4n) is 5.47. The molecule has 0 bridgehead atoms. The summed E-state index contributed by atoms with van der Waals surface area (Å²) in [5, 5.41) is 0. The first kappa shape index (κ1) is 29.1. The number of methoxy groups -OCH3 is 1. The predicted molar refractivity (Wildman–Crippen MR) is 140 cm³/mol. The molecule has 1 unspecified atom stereocenters. The van der Waals surface area contributed by atoms with Crippen molar-refractivity contribution in [2.45, 2.75) is 37.8 Å². The van der Waals surface area contributed by atoms with Gasteiger partial charge in [0.25, 0.3) is 0 Å². The average molecular weight is 581 g/mol. The molecule has 1 fully saturated rings. The highest BCUT2D eigenvalue weighted by Crippen LogP contribution is 2.39. The van der Waals surface area contributed by atoms with E-state index in [2.05, 4.69) is 9.80 Å². The van der Waals surface area contributed by atoms with Gasteiger partial charge in [-0.1, -0.05) is 24.3 Å². The number of rotatable bonds is 8. The second-order valence-corrected chi connectivity index (χ2v) is 10.2. The molecule has 3 aromatic carbocycles. The van der Waals surface area contributed by atoms with E-state index >= 15 is 0 Å². The van der Waals surface area contributed by atoms with Gasteiger partial charge in [-0.15, -0.1) is 0 Å². The number of para-hydroxylation sites is 1. The maximum atomic E-state index is 13.4. The molecule has 0 N–H and O–H groups in total. The Bertz CT molecular complexity index is 1320. The largest absolute Gasteiger partial charge is 0.496 e. The molecule has 1 saturated heterocycles. The number of aryl methyl sites for hydroxylation is 1. The topological polar surface area (TPSA) is 34.2 Å². The number of piperazine rings is 1. The van der Waals surface area contributed by atoms with Crippen LogP contribution in [0.15, 0.2) is 60.7 Å². The third-order valence-corrected chi connectivity index (χ3v) is 7.54. The van der Waals surface area contributed by atoms with Gasteiger partial charge in [0.2, 0.25) is 6.79 Å². The first-order valence-corrected chi connectivity index (χ1v) is 13.3. The Labute approximate surface area is 234 Å². The van der Waals surface area contributed by atoms with Gasteiger partial charge in [-0.25, -0.2) is 0 Å². The summed E-state index contributed by atoms with van der Waals surface area (Å²) in [5.41, 5.74) is -0.661. The number of alkyl halides is 6. The summed E-state index contributed by atoms with van der Waals surface area (Å²) in [6.45, 7) is 3.74. The fourth-order valence-corrected chi connectivity index (χ4v) is 5.47. The van der Waals surface area contributed by atoms with Crippen LogP contribution in [-0.2, 0) is 25.3 Å². The molecule has 2 aliphatic heterocycles. The van der Waals surface area contributed by atoms with Crippen LogP contribution in [0.1, 0.15) is 40.3 Å². The highest BCUT2D eigenvalue weighted by molar-refractivity contribution is 5.44. The molecule has 1 atom stereocenters. The lowest BCUT2D eigenvalue weighted by molar-refractivity contribution is -0.143. The first-order chi connectivity index (χ1) is 19.5. The lowest BCUT2D eigenvalue weighted by Gasteiger charge is -2.40. The lowest BCUT2D eigenvalue weighted by Crippen LogP contribution is -2.47. The first-order valence-electron chi connectivity index (χ1n) is 13.3. The molecule has 220 valence electrons. The van der Waals surface area contributed by atoms with E-state index < -0.39 is 23.5 Å². The molecular weight excluding hydrogens is 550 g/mol. The number of nitrogens with zero attached hydrogens (tertiary/aromatic N) is 2. The van der Waals surface area contributed by atoms with Crippen LogP contribution in [0.2, 0.25) is 0 Å². The summed E-state index contributed by atoms with van der Waals surface area (Å²) < 4.78 is 97.1. The van der Waals surface area contributed by atoms with Gasteiger partial charge >= 0.3 is 12.4 Å². The zero-order valence-corrected chi connectivity index (χ0v) is 22.4. The van der Waals surface area contributed by atoms with Crippen LogP contribution < -0.4 is 14.2 Å². The number of benzene rings is 3. The average Bonchev–Trinajstić information content (AvgIpc) is 3.41. The summed E-state index contributed by atoms with van der Waals surface area (Å²) in [5.74, 6) is 2.07. The Kier molecular flexibility index (Phi) is 8.37. The molecule has 5 rings (SSSR count). The molecule has 0 amide bonds. The van der Waals surface area contributed by atoms with Crippen molar-refractivity contribution in [3.63, 3.8) is 0 Å². The van der Waals surface area contributed by atoms with Crippen LogP contribution in [0.4, 0.5) is 26.3 Å². The Morgan fingerprint density at radius 2 is 1.44 bits per heavy atom. The molecule has 0 spiro atoms. The second kappa shape index (κ2) is 11.8. The summed E-state index contributed by atoms with van der Waals surface area (Å²) in [6, 6.07) is 14.8. The molecule has 0 saturated carbocycles. The molecule has 0 aromatic heterocycles. The summed E-state index contributed by atoms with van der Waals surface area (Å²) >= 11 is 0. The maximum Gasteiger partial charge on any atom is 0.416 e. The number of hydrogen-bond acceptors (Lipinski definition) is 5. The predicted octanol–water partition coefficient (Wildman–Crippen LogP) is 6.95. The van der Waals surface area contributed by atoms with Crippen LogP contribution in [0.5, 0.6) is 17.2 Å².